The predicted octanol–water partition coefficient (Wildman–Crippen LogP) is 2.52. The van der Waals surface area contributed by atoms with Crippen molar-refractivity contribution in [2.24, 2.45) is 0 Å². The van der Waals surface area contributed by atoms with Crippen molar-refractivity contribution in [3.8, 4) is 0 Å². The van der Waals surface area contributed by atoms with E-state index in [2.05, 4.69) is 42.3 Å². The first-order valence-electron chi connectivity index (χ1n) is 6.37. The third-order valence-electron chi connectivity index (χ3n) is 3.29. The van der Waals surface area contributed by atoms with Gasteiger partial charge in [0.05, 0.1) is 0 Å². The van der Waals surface area contributed by atoms with Crippen molar-refractivity contribution in [1.82, 2.24) is 10.2 Å². The summed E-state index contributed by atoms with van der Waals surface area (Å²) in [7, 11) is 0. The van der Waals surface area contributed by atoms with Crippen LogP contribution >= 0.6 is 0 Å². The maximum Gasteiger partial charge on any atom is 0.0233 e. The van der Waals surface area contributed by atoms with Gasteiger partial charge >= 0.3 is 0 Å². The van der Waals surface area contributed by atoms with E-state index < -0.39 is 0 Å². The molecule has 1 aliphatic heterocycles. The van der Waals surface area contributed by atoms with Gasteiger partial charge in [0.2, 0.25) is 0 Å². The lowest BCUT2D eigenvalue weighted by atomic mass is 10.1. The molecule has 0 spiro atoms. The molecule has 0 atom stereocenters. The Morgan fingerprint density at radius 3 is 2.75 bits per heavy atom. The van der Waals surface area contributed by atoms with Gasteiger partial charge in [-0.15, -0.1) is 0 Å². The van der Waals surface area contributed by atoms with E-state index in [-0.39, 0.29) is 0 Å². The van der Waals surface area contributed by atoms with Crippen LogP contribution in [-0.2, 0) is 19.6 Å². The van der Waals surface area contributed by atoms with E-state index in [0.717, 1.165) is 26.2 Å². The molecule has 0 saturated carbocycles. The second kappa shape index (κ2) is 5.46. The minimum atomic E-state index is 1.04. The molecule has 0 radical (unpaired) electrons. The van der Waals surface area contributed by atoms with Gasteiger partial charge in [0, 0.05) is 19.6 Å². The van der Waals surface area contributed by atoms with E-state index in [1.165, 1.54) is 29.7 Å². The Hall–Kier alpha value is -0.860. The topological polar surface area (TPSA) is 15.3 Å². The minimum Gasteiger partial charge on any atom is -0.309 e. The zero-order valence-electron chi connectivity index (χ0n) is 10.4. The average molecular weight is 218 g/mol. The molecule has 1 aromatic carbocycles. The number of nitrogens with zero attached hydrogens (tertiary/aromatic N) is 1. The summed E-state index contributed by atoms with van der Waals surface area (Å²) in [6, 6.07) is 6.93. The van der Waals surface area contributed by atoms with Crippen LogP contribution in [0.2, 0.25) is 0 Å². The van der Waals surface area contributed by atoms with E-state index >= 15 is 0 Å². The summed E-state index contributed by atoms with van der Waals surface area (Å²) in [5.74, 6) is 0. The first-order chi connectivity index (χ1) is 7.83. The van der Waals surface area contributed by atoms with Crippen molar-refractivity contribution in [2.45, 2.75) is 39.9 Å². The van der Waals surface area contributed by atoms with E-state index in [4.69, 9.17) is 0 Å². The summed E-state index contributed by atoms with van der Waals surface area (Å²) in [4.78, 5) is 2.50. The van der Waals surface area contributed by atoms with Crippen molar-refractivity contribution in [3.05, 3.63) is 34.9 Å². The zero-order valence-corrected chi connectivity index (χ0v) is 10.4. The largest absolute Gasteiger partial charge is 0.309 e. The lowest BCUT2D eigenvalue weighted by Gasteiger charge is -2.19. The molecule has 1 N–H and O–H groups in total. The fourth-order valence-electron chi connectivity index (χ4n) is 2.37. The Balaban J connectivity index is 2.04. The van der Waals surface area contributed by atoms with Crippen molar-refractivity contribution in [3.63, 3.8) is 0 Å². The van der Waals surface area contributed by atoms with E-state index in [9.17, 15) is 0 Å². The summed E-state index contributed by atoms with van der Waals surface area (Å²) >= 11 is 0. The first-order valence-corrected chi connectivity index (χ1v) is 6.37. The normalized spacial score (nSPS) is 14.4. The minimum absolute atomic E-state index is 1.04. The third kappa shape index (κ3) is 2.63. The average Bonchev–Trinajstić information content (AvgIpc) is 2.75. The lowest BCUT2D eigenvalue weighted by Crippen LogP contribution is -2.23. The van der Waals surface area contributed by atoms with Gasteiger partial charge in [-0.2, -0.15) is 0 Å². The van der Waals surface area contributed by atoms with Crippen LogP contribution in [0.5, 0.6) is 0 Å². The van der Waals surface area contributed by atoms with Crippen LogP contribution in [0, 0.1) is 0 Å². The number of hydrogen-bond donors (Lipinski definition) is 1. The fourth-order valence-corrected chi connectivity index (χ4v) is 2.37. The van der Waals surface area contributed by atoms with Crippen LogP contribution in [0.25, 0.3) is 0 Å². The molecule has 2 nitrogen and oxygen atoms in total. The van der Waals surface area contributed by atoms with Crippen molar-refractivity contribution in [2.75, 3.05) is 13.1 Å². The Kier molecular flexibility index (Phi) is 3.97. The number of rotatable bonds is 5. The molecule has 1 aromatic rings. The molecule has 0 unspecified atom stereocenters. The maximum atomic E-state index is 3.39. The Bertz CT molecular complexity index is 347. The van der Waals surface area contributed by atoms with Gasteiger partial charge in [0.15, 0.2) is 0 Å². The highest BCUT2D eigenvalue weighted by Crippen LogP contribution is 2.18. The number of nitrogens with one attached hydrogen (secondary N) is 1. The molecule has 0 amide bonds. The number of benzene rings is 1. The molecule has 1 aliphatic rings. The van der Waals surface area contributed by atoms with Crippen LogP contribution in [0.3, 0.4) is 0 Å². The molecular weight excluding hydrogens is 196 g/mol. The quantitative estimate of drug-likeness (QED) is 0.817. The molecule has 1 heterocycles. The zero-order chi connectivity index (χ0) is 11.4. The van der Waals surface area contributed by atoms with Gasteiger partial charge in [0.25, 0.3) is 0 Å². The molecule has 0 saturated heterocycles. The van der Waals surface area contributed by atoms with Gasteiger partial charge in [-0.1, -0.05) is 32.0 Å². The fraction of sp³-hybridized carbons (Fsp3) is 0.571. The van der Waals surface area contributed by atoms with E-state index in [1.54, 1.807) is 0 Å². The number of fused-ring (bicyclic) bond motifs is 1. The standard InChI is InChI=1S/C14H22N2/c1-3-7-16(4-2)11-12-5-6-13-9-15-10-14(13)8-12/h5-6,8,15H,3-4,7,9-11H2,1-2H3. The smallest absolute Gasteiger partial charge is 0.0233 e. The second-order valence-electron chi connectivity index (χ2n) is 4.58. The van der Waals surface area contributed by atoms with Gasteiger partial charge < -0.3 is 5.32 Å². The monoisotopic (exact) mass is 218 g/mol. The van der Waals surface area contributed by atoms with Crippen LogP contribution in [-0.4, -0.2) is 18.0 Å². The highest BCUT2D eigenvalue weighted by Gasteiger charge is 2.10. The summed E-state index contributed by atoms with van der Waals surface area (Å²) < 4.78 is 0. The van der Waals surface area contributed by atoms with Gasteiger partial charge in [-0.3, -0.25) is 4.90 Å². The highest BCUT2D eigenvalue weighted by molar-refractivity contribution is 5.34. The summed E-state index contributed by atoms with van der Waals surface area (Å²) in [5, 5.41) is 3.39. The second-order valence-corrected chi connectivity index (χ2v) is 4.58. The van der Waals surface area contributed by atoms with Crippen LogP contribution < -0.4 is 5.32 Å². The summed E-state index contributed by atoms with van der Waals surface area (Å²) in [5.41, 5.74) is 4.42. The van der Waals surface area contributed by atoms with Crippen molar-refractivity contribution >= 4 is 0 Å². The molecule has 0 bridgehead atoms. The molecule has 0 fully saturated rings. The van der Waals surface area contributed by atoms with Crippen molar-refractivity contribution < 1.29 is 0 Å². The molecule has 88 valence electrons. The van der Waals surface area contributed by atoms with Crippen molar-refractivity contribution in [1.29, 1.82) is 0 Å². The van der Waals surface area contributed by atoms with Gasteiger partial charge in [-0.25, -0.2) is 0 Å². The highest BCUT2D eigenvalue weighted by atomic mass is 15.1. The summed E-state index contributed by atoms with van der Waals surface area (Å²) in [6.07, 6.45) is 1.24. The van der Waals surface area contributed by atoms with E-state index in [1.807, 2.05) is 0 Å². The molecular formula is C14H22N2. The Morgan fingerprint density at radius 2 is 2.00 bits per heavy atom. The third-order valence-corrected chi connectivity index (χ3v) is 3.29. The summed E-state index contributed by atoms with van der Waals surface area (Å²) in [6.45, 7) is 10.0. The maximum absolute atomic E-state index is 3.39. The first kappa shape index (κ1) is 11.6. The molecule has 0 aromatic heterocycles. The van der Waals surface area contributed by atoms with Crippen LogP contribution in [0.15, 0.2) is 18.2 Å². The molecule has 16 heavy (non-hydrogen) atoms. The molecule has 2 rings (SSSR count). The van der Waals surface area contributed by atoms with Gasteiger partial charge in [0.1, 0.15) is 0 Å². The van der Waals surface area contributed by atoms with Crippen LogP contribution in [0.1, 0.15) is 37.0 Å². The molecule has 2 heteroatoms. The lowest BCUT2D eigenvalue weighted by molar-refractivity contribution is 0.280. The van der Waals surface area contributed by atoms with E-state index in [0.29, 0.717) is 0 Å². The predicted molar refractivity (Wildman–Crippen MR) is 68.2 cm³/mol. The Morgan fingerprint density at radius 1 is 1.19 bits per heavy atom. The molecule has 0 aliphatic carbocycles. The van der Waals surface area contributed by atoms with Crippen LogP contribution in [0.4, 0.5) is 0 Å². The Labute approximate surface area is 98.7 Å². The SMILES string of the molecule is CCCN(CC)Cc1ccc2c(c1)CNC2. The number of hydrogen-bond acceptors (Lipinski definition) is 2. The van der Waals surface area contributed by atoms with Gasteiger partial charge in [-0.05, 0) is 36.2 Å².